The molecule has 23 heavy (non-hydrogen) atoms. The second-order valence-electron chi connectivity index (χ2n) is 5.16. The molecule has 1 amide bonds. The molecule has 2 heterocycles. The fourth-order valence-corrected chi connectivity index (χ4v) is 2.39. The van der Waals surface area contributed by atoms with E-state index in [1.54, 1.807) is 19.1 Å². The maximum atomic E-state index is 12.3. The summed E-state index contributed by atoms with van der Waals surface area (Å²) in [5, 5.41) is 11.6. The summed E-state index contributed by atoms with van der Waals surface area (Å²) in [5.41, 5.74) is 1.72. The molecule has 0 saturated carbocycles. The van der Waals surface area contributed by atoms with Crippen molar-refractivity contribution in [2.75, 3.05) is 6.79 Å². The van der Waals surface area contributed by atoms with Gasteiger partial charge in [-0.2, -0.15) is 0 Å². The van der Waals surface area contributed by atoms with Crippen LogP contribution in [0.1, 0.15) is 27.2 Å². The van der Waals surface area contributed by atoms with E-state index < -0.39 is 5.97 Å². The fourth-order valence-electron chi connectivity index (χ4n) is 2.39. The van der Waals surface area contributed by atoms with E-state index in [0.717, 1.165) is 5.56 Å². The van der Waals surface area contributed by atoms with Gasteiger partial charge in [-0.05, 0) is 24.6 Å². The van der Waals surface area contributed by atoms with E-state index in [4.69, 9.17) is 19.0 Å². The van der Waals surface area contributed by atoms with Gasteiger partial charge in [0.2, 0.25) is 6.79 Å². The van der Waals surface area contributed by atoms with Crippen LogP contribution in [-0.4, -0.2) is 23.8 Å². The Morgan fingerprint density at radius 1 is 1.26 bits per heavy atom. The van der Waals surface area contributed by atoms with Crippen LogP contribution in [0.5, 0.6) is 11.5 Å². The van der Waals surface area contributed by atoms with E-state index in [9.17, 15) is 9.59 Å². The Balaban J connectivity index is 1.70. The molecule has 1 aliphatic rings. The predicted molar refractivity (Wildman–Crippen MR) is 78.5 cm³/mol. The summed E-state index contributed by atoms with van der Waals surface area (Å²) in [6.45, 7) is 2.18. The molecule has 7 heteroatoms. The molecule has 0 radical (unpaired) electrons. The lowest BCUT2D eigenvalue weighted by Crippen LogP contribution is -2.24. The smallest absolute Gasteiger partial charge is 0.311 e. The van der Waals surface area contributed by atoms with Crippen LogP contribution in [-0.2, 0) is 17.8 Å². The zero-order valence-corrected chi connectivity index (χ0v) is 12.4. The van der Waals surface area contributed by atoms with E-state index >= 15 is 0 Å². The number of carboxylic acid groups (broad SMARTS) is 1. The number of nitrogens with one attached hydrogen (secondary N) is 1. The van der Waals surface area contributed by atoms with Crippen LogP contribution in [0.4, 0.5) is 0 Å². The number of amides is 1. The third-order valence-corrected chi connectivity index (χ3v) is 3.48. The van der Waals surface area contributed by atoms with E-state index in [-0.39, 0.29) is 37.0 Å². The van der Waals surface area contributed by atoms with Crippen LogP contribution in [0.15, 0.2) is 28.9 Å². The standard InChI is InChI=1S/C16H15NO6/c1-9-7-21-13(5-14(18)19)15(9)16(20)17-6-10-2-3-11-12(4-10)23-8-22-11/h2-4,7H,5-6,8H2,1H3,(H,17,20)(H,18,19). The molecule has 0 saturated heterocycles. The number of carbonyl (C=O) groups is 2. The molecular formula is C16H15NO6. The molecule has 0 aliphatic carbocycles. The van der Waals surface area contributed by atoms with E-state index in [1.165, 1.54) is 6.26 Å². The number of hydrogen-bond donors (Lipinski definition) is 2. The summed E-state index contributed by atoms with van der Waals surface area (Å²) in [6, 6.07) is 5.40. The van der Waals surface area contributed by atoms with E-state index in [1.807, 2.05) is 6.07 Å². The van der Waals surface area contributed by atoms with Gasteiger partial charge in [0.05, 0.1) is 11.8 Å². The molecule has 0 atom stereocenters. The van der Waals surface area contributed by atoms with Crippen molar-refractivity contribution < 1.29 is 28.6 Å². The maximum absolute atomic E-state index is 12.3. The molecule has 3 rings (SSSR count). The number of rotatable bonds is 5. The molecule has 2 aromatic rings. The number of ether oxygens (including phenoxy) is 2. The average Bonchev–Trinajstić information content (AvgIpc) is 3.10. The average molecular weight is 317 g/mol. The largest absolute Gasteiger partial charge is 0.481 e. The van der Waals surface area contributed by atoms with Gasteiger partial charge in [-0.3, -0.25) is 9.59 Å². The number of carboxylic acids is 1. The Morgan fingerprint density at radius 2 is 2.04 bits per heavy atom. The number of fused-ring (bicyclic) bond motifs is 1. The maximum Gasteiger partial charge on any atom is 0.311 e. The molecule has 1 aromatic heterocycles. The van der Waals surface area contributed by atoms with Gasteiger partial charge in [-0.25, -0.2) is 0 Å². The van der Waals surface area contributed by atoms with Gasteiger partial charge < -0.3 is 24.3 Å². The number of benzene rings is 1. The van der Waals surface area contributed by atoms with E-state index in [0.29, 0.717) is 17.1 Å². The number of hydrogen-bond acceptors (Lipinski definition) is 5. The highest BCUT2D eigenvalue weighted by Crippen LogP contribution is 2.32. The molecule has 7 nitrogen and oxygen atoms in total. The highest BCUT2D eigenvalue weighted by atomic mass is 16.7. The predicted octanol–water partition coefficient (Wildman–Crippen LogP) is 1.87. The Morgan fingerprint density at radius 3 is 2.83 bits per heavy atom. The second-order valence-corrected chi connectivity index (χ2v) is 5.16. The normalized spacial score (nSPS) is 12.2. The summed E-state index contributed by atoms with van der Waals surface area (Å²) in [6.07, 6.45) is 1.05. The Kier molecular flexibility index (Phi) is 3.92. The number of furan rings is 1. The molecule has 1 aromatic carbocycles. The summed E-state index contributed by atoms with van der Waals surface area (Å²) < 4.78 is 15.7. The van der Waals surface area contributed by atoms with Gasteiger partial charge >= 0.3 is 5.97 Å². The van der Waals surface area contributed by atoms with Crippen molar-refractivity contribution in [3.63, 3.8) is 0 Å². The van der Waals surface area contributed by atoms with Crippen molar-refractivity contribution in [2.24, 2.45) is 0 Å². The third-order valence-electron chi connectivity index (χ3n) is 3.48. The monoisotopic (exact) mass is 317 g/mol. The minimum Gasteiger partial charge on any atom is -0.481 e. The van der Waals surface area contributed by atoms with Gasteiger partial charge in [0.1, 0.15) is 12.2 Å². The summed E-state index contributed by atoms with van der Waals surface area (Å²) in [7, 11) is 0. The zero-order chi connectivity index (χ0) is 16.4. The van der Waals surface area contributed by atoms with Crippen molar-refractivity contribution in [3.8, 4) is 11.5 Å². The third kappa shape index (κ3) is 3.13. The van der Waals surface area contributed by atoms with Crippen molar-refractivity contribution in [3.05, 3.63) is 46.9 Å². The van der Waals surface area contributed by atoms with Crippen LogP contribution in [0.2, 0.25) is 0 Å². The topological polar surface area (TPSA) is 98.0 Å². The van der Waals surface area contributed by atoms with Gasteiger partial charge in [0.15, 0.2) is 11.5 Å². The number of aryl methyl sites for hydroxylation is 1. The Labute approximate surface area is 131 Å². The Hall–Kier alpha value is -2.96. The van der Waals surface area contributed by atoms with Crippen LogP contribution >= 0.6 is 0 Å². The lowest BCUT2D eigenvalue weighted by molar-refractivity contribution is -0.136. The minimum atomic E-state index is -1.05. The van der Waals surface area contributed by atoms with E-state index in [2.05, 4.69) is 5.32 Å². The number of aliphatic carboxylic acids is 1. The molecule has 1 aliphatic heterocycles. The first-order valence-electron chi connectivity index (χ1n) is 7.00. The first kappa shape index (κ1) is 15.0. The summed E-state index contributed by atoms with van der Waals surface area (Å²) in [4.78, 5) is 23.1. The van der Waals surface area contributed by atoms with Crippen molar-refractivity contribution in [1.29, 1.82) is 0 Å². The lowest BCUT2D eigenvalue weighted by Gasteiger charge is -2.07. The van der Waals surface area contributed by atoms with Crippen molar-refractivity contribution in [1.82, 2.24) is 5.32 Å². The first-order chi connectivity index (χ1) is 11.0. The SMILES string of the molecule is Cc1coc(CC(=O)O)c1C(=O)NCc1ccc2c(c1)OCO2. The van der Waals surface area contributed by atoms with Crippen LogP contribution in [0.3, 0.4) is 0 Å². The summed E-state index contributed by atoms with van der Waals surface area (Å²) >= 11 is 0. The van der Waals surface area contributed by atoms with Crippen LogP contribution < -0.4 is 14.8 Å². The molecule has 2 N–H and O–H groups in total. The quantitative estimate of drug-likeness (QED) is 0.873. The molecule has 0 unspecified atom stereocenters. The van der Waals surface area contributed by atoms with Crippen LogP contribution in [0, 0.1) is 6.92 Å². The fraction of sp³-hybridized carbons (Fsp3) is 0.250. The molecule has 120 valence electrons. The minimum absolute atomic E-state index is 0.151. The van der Waals surface area contributed by atoms with Gasteiger partial charge in [-0.15, -0.1) is 0 Å². The van der Waals surface area contributed by atoms with Crippen molar-refractivity contribution >= 4 is 11.9 Å². The lowest BCUT2D eigenvalue weighted by atomic mass is 10.1. The van der Waals surface area contributed by atoms with Crippen LogP contribution in [0.25, 0.3) is 0 Å². The Bertz CT molecular complexity index is 764. The highest BCUT2D eigenvalue weighted by Gasteiger charge is 2.20. The number of carbonyl (C=O) groups excluding carboxylic acids is 1. The first-order valence-corrected chi connectivity index (χ1v) is 7.00. The molecule has 0 spiro atoms. The second kappa shape index (κ2) is 6.04. The van der Waals surface area contributed by atoms with Gasteiger partial charge in [0, 0.05) is 12.1 Å². The summed E-state index contributed by atoms with van der Waals surface area (Å²) in [5.74, 6) is 0.0461. The molecule has 0 fully saturated rings. The van der Waals surface area contributed by atoms with Crippen molar-refractivity contribution in [2.45, 2.75) is 19.9 Å². The highest BCUT2D eigenvalue weighted by molar-refractivity contribution is 5.97. The zero-order valence-electron chi connectivity index (χ0n) is 12.4. The molecule has 0 bridgehead atoms. The van der Waals surface area contributed by atoms with Gasteiger partial charge in [0.25, 0.3) is 5.91 Å². The molecular weight excluding hydrogens is 302 g/mol. The van der Waals surface area contributed by atoms with Gasteiger partial charge in [-0.1, -0.05) is 6.07 Å².